The molecular formula is C11H22Cl3N. The SMILES string of the molecule is Cl.ClCCN(CCCl)CC1CCCCC1. The monoisotopic (exact) mass is 273 g/mol. The van der Waals surface area contributed by atoms with Crippen molar-refractivity contribution in [2.75, 3.05) is 31.4 Å². The van der Waals surface area contributed by atoms with Crippen molar-refractivity contribution in [3.05, 3.63) is 0 Å². The van der Waals surface area contributed by atoms with Gasteiger partial charge in [-0.25, -0.2) is 0 Å². The Morgan fingerprint density at radius 3 is 1.93 bits per heavy atom. The van der Waals surface area contributed by atoms with Gasteiger partial charge in [0.2, 0.25) is 0 Å². The van der Waals surface area contributed by atoms with E-state index in [-0.39, 0.29) is 12.4 Å². The van der Waals surface area contributed by atoms with Gasteiger partial charge in [0.05, 0.1) is 0 Å². The second kappa shape index (κ2) is 10.0. The van der Waals surface area contributed by atoms with E-state index < -0.39 is 0 Å². The van der Waals surface area contributed by atoms with Crippen LogP contribution in [-0.4, -0.2) is 36.3 Å². The maximum absolute atomic E-state index is 5.76. The van der Waals surface area contributed by atoms with Crippen molar-refractivity contribution in [1.82, 2.24) is 4.90 Å². The van der Waals surface area contributed by atoms with Gasteiger partial charge in [-0.1, -0.05) is 19.3 Å². The summed E-state index contributed by atoms with van der Waals surface area (Å²) in [6, 6.07) is 0. The highest BCUT2D eigenvalue weighted by molar-refractivity contribution is 6.18. The molecule has 0 amide bonds. The topological polar surface area (TPSA) is 3.24 Å². The molecule has 0 atom stereocenters. The van der Waals surface area contributed by atoms with Crippen LogP contribution in [0, 0.1) is 5.92 Å². The number of hydrogen-bond donors (Lipinski definition) is 0. The summed E-state index contributed by atoms with van der Waals surface area (Å²) in [6.45, 7) is 3.19. The van der Waals surface area contributed by atoms with Crippen LogP contribution < -0.4 is 0 Å². The highest BCUT2D eigenvalue weighted by atomic mass is 35.5. The van der Waals surface area contributed by atoms with Crippen molar-refractivity contribution in [2.45, 2.75) is 32.1 Å². The highest BCUT2D eigenvalue weighted by Gasteiger charge is 2.16. The lowest BCUT2D eigenvalue weighted by Gasteiger charge is -2.28. The van der Waals surface area contributed by atoms with Gasteiger partial charge in [-0.05, 0) is 18.8 Å². The molecule has 0 aromatic rings. The maximum atomic E-state index is 5.76. The lowest BCUT2D eigenvalue weighted by atomic mass is 9.89. The highest BCUT2D eigenvalue weighted by Crippen LogP contribution is 2.24. The molecule has 0 saturated heterocycles. The Morgan fingerprint density at radius 2 is 1.47 bits per heavy atom. The molecule has 0 bridgehead atoms. The summed E-state index contributed by atoms with van der Waals surface area (Å²) in [6.07, 6.45) is 7.07. The molecule has 92 valence electrons. The zero-order valence-corrected chi connectivity index (χ0v) is 11.6. The lowest BCUT2D eigenvalue weighted by Crippen LogP contribution is -2.33. The fraction of sp³-hybridized carbons (Fsp3) is 1.00. The van der Waals surface area contributed by atoms with Crippen molar-refractivity contribution >= 4 is 35.6 Å². The molecule has 0 radical (unpaired) electrons. The van der Waals surface area contributed by atoms with E-state index in [1.165, 1.54) is 38.6 Å². The van der Waals surface area contributed by atoms with Crippen LogP contribution in [0.5, 0.6) is 0 Å². The van der Waals surface area contributed by atoms with Crippen LogP contribution in [-0.2, 0) is 0 Å². The average molecular weight is 275 g/mol. The fourth-order valence-corrected chi connectivity index (χ4v) is 2.75. The summed E-state index contributed by atoms with van der Waals surface area (Å²) in [5.74, 6) is 2.35. The van der Waals surface area contributed by atoms with Gasteiger partial charge in [0.25, 0.3) is 0 Å². The van der Waals surface area contributed by atoms with Gasteiger partial charge >= 0.3 is 0 Å². The Hall–Kier alpha value is 0.830. The molecule has 0 aromatic carbocycles. The first-order valence-electron chi connectivity index (χ1n) is 5.71. The number of halogens is 3. The second-order valence-electron chi connectivity index (χ2n) is 4.18. The Morgan fingerprint density at radius 1 is 0.933 bits per heavy atom. The minimum absolute atomic E-state index is 0. The number of hydrogen-bond acceptors (Lipinski definition) is 1. The van der Waals surface area contributed by atoms with Crippen LogP contribution in [0.25, 0.3) is 0 Å². The van der Waals surface area contributed by atoms with E-state index in [0.717, 1.165) is 30.8 Å². The summed E-state index contributed by atoms with van der Waals surface area (Å²) in [7, 11) is 0. The number of alkyl halides is 2. The first-order valence-corrected chi connectivity index (χ1v) is 6.78. The van der Waals surface area contributed by atoms with Crippen molar-refractivity contribution in [1.29, 1.82) is 0 Å². The summed E-state index contributed by atoms with van der Waals surface area (Å²) in [5, 5.41) is 0. The Balaban J connectivity index is 0.00000196. The Labute approximate surface area is 110 Å². The molecule has 1 fully saturated rings. The second-order valence-corrected chi connectivity index (χ2v) is 4.94. The van der Waals surface area contributed by atoms with E-state index in [1.54, 1.807) is 0 Å². The molecule has 1 aliphatic rings. The molecule has 0 aliphatic heterocycles. The molecule has 4 heteroatoms. The smallest absolute Gasteiger partial charge is 0.0351 e. The number of nitrogens with zero attached hydrogens (tertiary/aromatic N) is 1. The summed E-state index contributed by atoms with van der Waals surface area (Å²) in [4.78, 5) is 2.41. The van der Waals surface area contributed by atoms with Gasteiger partial charge in [-0.3, -0.25) is 0 Å². The zero-order valence-electron chi connectivity index (χ0n) is 9.26. The first-order chi connectivity index (χ1) is 6.86. The van der Waals surface area contributed by atoms with Gasteiger partial charge in [0.15, 0.2) is 0 Å². The standard InChI is InChI=1S/C11H21Cl2N.ClH/c12-6-8-14(9-7-13)10-11-4-2-1-3-5-11;/h11H,1-10H2;1H. The van der Waals surface area contributed by atoms with Crippen molar-refractivity contribution in [3.63, 3.8) is 0 Å². The average Bonchev–Trinajstić information content (AvgIpc) is 2.20. The van der Waals surface area contributed by atoms with Crippen LogP contribution in [0.3, 0.4) is 0 Å². The normalized spacial score (nSPS) is 17.8. The van der Waals surface area contributed by atoms with Crippen LogP contribution in [0.2, 0.25) is 0 Å². The van der Waals surface area contributed by atoms with E-state index >= 15 is 0 Å². The van der Waals surface area contributed by atoms with Gasteiger partial charge in [0, 0.05) is 31.4 Å². The van der Waals surface area contributed by atoms with E-state index in [1.807, 2.05) is 0 Å². The molecule has 1 aliphatic carbocycles. The lowest BCUT2D eigenvalue weighted by molar-refractivity contribution is 0.218. The first kappa shape index (κ1) is 15.8. The predicted octanol–water partition coefficient (Wildman–Crippen LogP) is 3.77. The van der Waals surface area contributed by atoms with E-state index in [2.05, 4.69) is 4.90 Å². The maximum Gasteiger partial charge on any atom is 0.0351 e. The minimum Gasteiger partial charge on any atom is -0.301 e. The third kappa shape index (κ3) is 6.88. The third-order valence-electron chi connectivity index (χ3n) is 3.04. The van der Waals surface area contributed by atoms with E-state index in [9.17, 15) is 0 Å². The van der Waals surface area contributed by atoms with Crippen LogP contribution >= 0.6 is 35.6 Å². The Kier molecular flexibility index (Phi) is 10.6. The van der Waals surface area contributed by atoms with Crippen LogP contribution in [0.15, 0.2) is 0 Å². The molecule has 1 rings (SSSR count). The summed E-state index contributed by atoms with van der Waals surface area (Å²) in [5.41, 5.74) is 0. The van der Waals surface area contributed by atoms with E-state index in [4.69, 9.17) is 23.2 Å². The van der Waals surface area contributed by atoms with Crippen LogP contribution in [0.4, 0.5) is 0 Å². The summed E-state index contributed by atoms with van der Waals surface area (Å²) >= 11 is 11.5. The molecule has 15 heavy (non-hydrogen) atoms. The van der Waals surface area contributed by atoms with Crippen molar-refractivity contribution in [2.24, 2.45) is 5.92 Å². The zero-order chi connectivity index (χ0) is 10.2. The molecule has 1 nitrogen and oxygen atoms in total. The van der Waals surface area contributed by atoms with Gasteiger partial charge < -0.3 is 4.90 Å². The van der Waals surface area contributed by atoms with Gasteiger partial charge in [-0.2, -0.15) is 0 Å². The van der Waals surface area contributed by atoms with Crippen LogP contribution in [0.1, 0.15) is 32.1 Å². The van der Waals surface area contributed by atoms with E-state index in [0.29, 0.717) is 0 Å². The minimum atomic E-state index is 0. The molecule has 0 unspecified atom stereocenters. The molecule has 0 heterocycles. The quantitative estimate of drug-likeness (QED) is 0.667. The van der Waals surface area contributed by atoms with Gasteiger partial charge in [-0.15, -0.1) is 35.6 Å². The third-order valence-corrected chi connectivity index (χ3v) is 3.38. The molecular weight excluding hydrogens is 252 g/mol. The molecule has 0 spiro atoms. The molecule has 1 saturated carbocycles. The molecule has 0 N–H and O–H groups in total. The largest absolute Gasteiger partial charge is 0.301 e. The summed E-state index contributed by atoms with van der Waals surface area (Å²) < 4.78 is 0. The van der Waals surface area contributed by atoms with Crippen molar-refractivity contribution in [3.8, 4) is 0 Å². The van der Waals surface area contributed by atoms with Crippen molar-refractivity contribution < 1.29 is 0 Å². The number of rotatable bonds is 6. The Bertz CT molecular complexity index is 132. The predicted molar refractivity (Wildman–Crippen MR) is 71.7 cm³/mol. The van der Waals surface area contributed by atoms with Gasteiger partial charge in [0.1, 0.15) is 0 Å². The molecule has 0 aromatic heterocycles. The fourth-order valence-electron chi connectivity index (χ4n) is 2.27.